The van der Waals surface area contributed by atoms with Gasteiger partial charge in [0, 0.05) is 7.11 Å². The average Bonchev–Trinajstić information content (AvgIpc) is 2.71. The molecule has 1 N–H and O–H groups in total. The Balaban J connectivity index is 0.000000362. The predicted octanol–water partition coefficient (Wildman–Crippen LogP) is 4.78. The standard InChI is InChI=1S/C13H13F3O4.C9H7F3O2/c1-8-3-4-10(12(18)13(14,15)16)11(5-8)20-7-9(17)6-19-2;1-5-2-3-6(7(13)4-5)8(14)9(10,11)12/h3-5H,6-7H2,1-2H3;2-4,13H,1H3. The molecule has 0 aromatic heterocycles. The van der Waals surface area contributed by atoms with Gasteiger partial charge in [-0.05, 0) is 49.2 Å². The number of aryl methyl sites for hydroxylation is 2. The SMILES string of the molecule is COCC(=O)COc1cc(C)ccc1C(=O)C(F)(F)F.Cc1ccc(C(=O)C(F)(F)F)c(O)c1. The normalized spacial score (nSPS) is 11.3. The zero-order valence-electron chi connectivity index (χ0n) is 18.1. The molecule has 186 valence electrons. The molecule has 0 heterocycles. The van der Waals surface area contributed by atoms with Gasteiger partial charge in [-0.15, -0.1) is 0 Å². The number of carbonyl (C=O) groups excluding carboxylic acids is 3. The second kappa shape index (κ2) is 11.6. The number of hydrogen-bond donors (Lipinski definition) is 1. The Morgan fingerprint density at radius 3 is 1.74 bits per heavy atom. The van der Waals surface area contributed by atoms with E-state index in [1.54, 1.807) is 13.8 Å². The number of methoxy groups -OCH3 is 1. The summed E-state index contributed by atoms with van der Waals surface area (Å²) in [4.78, 5) is 33.2. The van der Waals surface area contributed by atoms with Crippen molar-refractivity contribution in [3.63, 3.8) is 0 Å². The van der Waals surface area contributed by atoms with Crippen LogP contribution in [0.4, 0.5) is 26.3 Å². The van der Waals surface area contributed by atoms with Gasteiger partial charge in [-0.1, -0.05) is 12.1 Å². The highest BCUT2D eigenvalue weighted by Crippen LogP contribution is 2.29. The third-order valence-electron chi connectivity index (χ3n) is 3.99. The van der Waals surface area contributed by atoms with E-state index in [1.807, 2.05) is 0 Å². The fourth-order valence-corrected chi connectivity index (χ4v) is 2.44. The molecule has 0 aliphatic carbocycles. The fourth-order valence-electron chi connectivity index (χ4n) is 2.44. The lowest BCUT2D eigenvalue weighted by molar-refractivity contribution is -0.124. The van der Waals surface area contributed by atoms with Crippen LogP contribution in [-0.4, -0.2) is 55.1 Å². The van der Waals surface area contributed by atoms with Crippen LogP contribution < -0.4 is 4.74 Å². The highest BCUT2D eigenvalue weighted by molar-refractivity contribution is 6.03. The number of aromatic hydroxyl groups is 1. The Labute approximate surface area is 190 Å². The first-order valence-electron chi connectivity index (χ1n) is 9.34. The summed E-state index contributed by atoms with van der Waals surface area (Å²) in [5.41, 5.74) is -0.143. The van der Waals surface area contributed by atoms with Gasteiger partial charge in [-0.3, -0.25) is 14.4 Å². The number of rotatable bonds is 7. The van der Waals surface area contributed by atoms with Crippen molar-refractivity contribution in [2.24, 2.45) is 0 Å². The van der Waals surface area contributed by atoms with Gasteiger partial charge in [0.2, 0.25) is 0 Å². The van der Waals surface area contributed by atoms with Crippen molar-refractivity contribution in [3.8, 4) is 11.5 Å². The van der Waals surface area contributed by atoms with Crippen LogP contribution in [0.1, 0.15) is 31.8 Å². The van der Waals surface area contributed by atoms with Gasteiger partial charge in [0.05, 0.1) is 11.1 Å². The fraction of sp³-hybridized carbons (Fsp3) is 0.318. The van der Waals surface area contributed by atoms with Gasteiger partial charge >= 0.3 is 12.4 Å². The quantitative estimate of drug-likeness (QED) is 0.440. The summed E-state index contributed by atoms with van der Waals surface area (Å²) in [5, 5.41) is 9.10. The molecule has 0 unspecified atom stereocenters. The third kappa shape index (κ3) is 8.50. The number of phenols is 1. The highest BCUT2D eigenvalue weighted by atomic mass is 19.4. The lowest BCUT2D eigenvalue weighted by Gasteiger charge is -2.12. The molecule has 0 radical (unpaired) electrons. The van der Waals surface area contributed by atoms with E-state index in [1.165, 1.54) is 25.3 Å². The largest absolute Gasteiger partial charge is 0.507 e. The van der Waals surface area contributed by atoms with E-state index in [0.29, 0.717) is 11.1 Å². The molecule has 34 heavy (non-hydrogen) atoms. The van der Waals surface area contributed by atoms with Crippen molar-refractivity contribution in [3.05, 3.63) is 58.7 Å². The van der Waals surface area contributed by atoms with E-state index in [0.717, 1.165) is 18.2 Å². The van der Waals surface area contributed by atoms with Crippen LogP contribution in [0.5, 0.6) is 11.5 Å². The number of hydrogen-bond acceptors (Lipinski definition) is 6. The molecule has 0 amide bonds. The van der Waals surface area contributed by atoms with Crippen molar-refractivity contribution in [1.29, 1.82) is 0 Å². The molecule has 0 aliphatic rings. The summed E-state index contributed by atoms with van der Waals surface area (Å²) in [5.74, 6) is -5.40. The zero-order chi connectivity index (χ0) is 26.3. The molecule has 2 aromatic rings. The zero-order valence-corrected chi connectivity index (χ0v) is 18.1. The van der Waals surface area contributed by atoms with E-state index >= 15 is 0 Å². The maximum Gasteiger partial charge on any atom is 0.455 e. The Hall–Kier alpha value is -3.41. The molecule has 12 heteroatoms. The minimum Gasteiger partial charge on any atom is -0.507 e. The predicted molar refractivity (Wildman–Crippen MR) is 107 cm³/mol. The van der Waals surface area contributed by atoms with Gasteiger partial charge in [0.1, 0.15) is 24.7 Å². The molecule has 6 nitrogen and oxygen atoms in total. The number of ketones is 3. The molecule has 0 saturated carbocycles. The van der Waals surface area contributed by atoms with Crippen molar-refractivity contribution >= 4 is 17.3 Å². The van der Waals surface area contributed by atoms with Gasteiger partial charge in [0.25, 0.3) is 11.6 Å². The monoisotopic (exact) mass is 494 g/mol. The maximum absolute atomic E-state index is 12.4. The Morgan fingerprint density at radius 2 is 1.26 bits per heavy atom. The molecule has 0 saturated heterocycles. The Kier molecular flexibility index (Phi) is 9.80. The molecule has 0 bridgehead atoms. The lowest BCUT2D eigenvalue weighted by atomic mass is 10.1. The molecule has 0 fully saturated rings. The van der Waals surface area contributed by atoms with Crippen molar-refractivity contribution in [2.45, 2.75) is 26.2 Å². The summed E-state index contributed by atoms with van der Waals surface area (Å²) in [6.07, 6.45) is -9.95. The molecular weight excluding hydrogens is 474 g/mol. The van der Waals surface area contributed by atoms with Crippen LogP contribution in [0.15, 0.2) is 36.4 Å². The van der Waals surface area contributed by atoms with E-state index in [-0.39, 0.29) is 12.4 Å². The second-order valence-corrected chi connectivity index (χ2v) is 6.93. The number of alkyl halides is 6. The number of halogens is 6. The molecule has 0 aliphatic heterocycles. The van der Waals surface area contributed by atoms with Gasteiger partial charge in [-0.25, -0.2) is 0 Å². The van der Waals surface area contributed by atoms with Crippen LogP contribution in [0.25, 0.3) is 0 Å². The number of benzene rings is 2. The van der Waals surface area contributed by atoms with Crippen LogP contribution in [0.3, 0.4) is 0 Å². The highest BCUT2D eigenvalue weighted by Gasteiger charge is 2.41. The van der Waals surface area contributed by atoms with E-state index in [2.05, 4.69) is 4.74 Å². The smallest absolute Gasteiger partial charge is 0.455 e. The summed E-state index contributed by atoms with van der Waals surface area (Å²) >= 11 is 0. The van der Waals surface area contributed by atoms with Crippen molar-refractivity contribution in [2.75, 3.05) is 20.3 Å². The van der Waals surface area contributed by atoms with Gasteiger partial charge in [0.15, 0.2) is 5.78 Å². The second-order valence-electron chi connectivity index (χ2n) is 6.93. The number of carbonyl (C=O) groups is 3. The molecule has 0 spiro atoms. The summed E-state index contributed by atoms with van der Waals surface area (Å²) in [6.45, 7) is 2.55. The van der Waals surface area contributed by atoms with E-state index in [4.69, 9.17) is 9.84 Å². The summed E-state index contributed by atoms with van der Waals surface area (Å²) in [7, 11) is 1.31. The van der Waals surface area contributed by atoms with Crippen LogP contribution in [0, 0.1) is 13.8 Å². The minimum absolute atomic E-state index is 0.214. The first-order valence-corrected chi connectivity index (χ1v) is 9.34. The van der Waals surface area contributed by atoms with Gasteiger partial charge < -0.3 is 14.6 Å². The molecular formula is C22H20F6O6. The maximum atomic E-state index is 12.4. The van der Waals surface area contributed by atoms with E-state index < -0.39 is 53.2 Å². The first kappa shape index (κ1) is 28.6. The third-order valence-corrected chi connectivity index (χ3v) is 3.99. The lowest BCUT2D eigenvalue weighted by Crippen LogP contribution is -2.24. The van der Waals surface area contributed by atoms with Gasteiger partial charge in [-0.2, -0.15) is 26.3 Å². The summed E-state index contributed by atoms with van der Waals surface area (Å²) in [6, 6.07) is 7.07. The minimum atomic E-state index is -5.00. The molecule has 0 atom stereocenters. The molecule has 2 aromatic carbocycles. The number of Topliss-reactive ketones (excluding diaryl/α,β-unsaturated/α-hetero) is 3. The van der Waals surface area contributed by atoms with Crippen LogP contribution in [-0.2, 0) is 9.53 Å². The topological polar surface area (TPSA) is 89.9 Å². The van der Waals surface area contributed by atoms with Crippen LogP contribution >= 0.6 is 0 Å². The van der Waals surface area contributed by atoms with Crippen LogP contribution in [0.2, 0.25) is 0 Å². The average molecular weight is 494 g/mol. The number of ether oxygens (including phenoxy) is 2. The van der Waals surface area contributed by atoms with Crippen molar-refractivity contribution in [1.82, 2.24) is 0 Å². The Morgan fingerprint density at radius 1 is 0.794 bits per heavy atom. The summed E-state index contributed by atoms with van der Waals surface area (Å²) < 4.78 is 82.8. The first-order chi connectivity index (χ1) is 15.6. The van der Waals surface area contributed by atoms with E-state index in [9.17, 15) is 40.7 Å². The van der Waals surface area contributed by atoms with Crippen molar-refractivity contribution < 1.29 is 55.3 Å². The molecule has 2 rings (SSSR count). The number of phenolic OH excluding ortho intramolecular Hbond substituents is 1. The Bertz CT molecular complexity index is 1040.